The van der Waals surface area contributed by atoms with E-state index < -0.39 is 0 Å². The molecule has 0 atom stereocenters. The van der Waals surface area contributed by atoms with E-state index in [-0.39, 0.29) is 23.5 Å². The van der Waals surface area contributed by atoms with Crippen molar-refractivity contribution in [3.8, 4) is 17.1 Å². The van der Waals surface area contributed by atoms with Gasteiger partial charge in [-0.15, -0.1) is 10.2 Å². The predicted octanol–water partition coefficient (Wildman–Crippen LogP) is 3.05. The number of aromatic nitrogens is 4. The second-order valence-corrected chi connectivity index (χ2v) is 8.27. The summed E-state index contributed by atoms with van der Waals surface area (Å²) in [6, 6.07) is 14.9. The molecule has 1 aliphatic heterocycles. The molecule has 1 aliphatic rings. The largest absolute Gasteiger partial charge is 0.494 e. The fraction of sp³-hybridized carbons (Fsp3) is 0.417. The van der Waals surface area contributed by atoms with Crippen LogP contribution in [0.25, 0.3) is 11.4 Å². The molecule has 1 saturated heterocycles. The lowest BCUT2D eigenvalue weighted by Crippen LogP contribution is -2.44. The van der Waals surface area contributed by atoms with Gasteiger partial charge in [0, 0.05) is 37.7 Å². The summed E-state index contributed by atoms with van der Waals surface area (Å²) in [4.78, 5) is 16.2. The number of hydrogen-bond acceptors (Lipinski definition) is 6. The number of carbonyl (C=O) groups is 1. The van der Waals surface area contributed by atoms with Gasteiger partial charge in [-0.2, -0.15) is 4.80 Å². The zero-order valence-corrected chi connectivity index (χ0v) is 18.8. The van der Waals surface area contributed by atoms with Gasteiger partial charge in [-0.3, -0.25) is 9.69 Å². The second kappa shape index (κ2) is 11.0. The van der Waals surface area contributed by atoms with Crippen LogP contribution in [0.3, 0.4) is 0 Å². The van der Waals surface area contributed by atoms with E-state index in [0.29, 0.717) is 31.8 Å². The summed E-state index contributed by atoms with van der Waals surface area (Å²) in [6.07, 6.45) is 2.84. The number of hydrogen-bond donors (Lipinski definition) is 1. The Kier molecular flexibility index (Phi) is 7.62. The van der Waals surface area contributed by atoms with Gasteiger partial charge >= 0.3 is 0 Å². The molecule has 1 aromatic heterocycles. The van der Waals surface area contributed by atoms with Gasteiger partial charge in [0.15, 0.2) is 11.6 Å². The van der Waals surface area contributed by atoms with Crippen molar-refractivity contribution in [1.29, 1.82) is 0 Å². The lowest BCUT2D eigenvalue weighted by molar-refractivity contribution is -0.122. The number of amides is 1. The zero-order chi connectivity index (χ0) is 23.0. The summed E-state index contributed by atoms with van der Waals surface area (Å²) in [6.45, 7) is 2.97. The first-order valence-corrected chi connectivity index (χ1v) is 11.3. The van der Waals surface area contributed by atoms with Crippen LogP contribution in [0, 0.1) is 5.82 Å². The van der Waals surface area contributed by atoms with E-state index in [9.17, 15) is 9.18 Å². The van der Waals surface area contributed by atoms with Crippen LogP contribution in [0.2, 0.25) is 0 Å². The van der Waals surface area contributed by atoms with E-state index in [1.165, 1.54) is 18.0 Å². The van der Waals surface area contributed by atoms with Gasteiger partial charge in [0.25, 0.3) is 0 Å². The van der Waals surface area contributed by atoms with Crippen LogP contribution in [0.15, 0.2) is 48.5 Å². The third kappa shape index (κ3) is 6.35. The Bertz CT molecular complexity index is 1050. The third-order valence-electron chi connectivity index (χ3n) is 5.82. The quantitative estimate of drug-likeness (QED) is 0.537. The molecule has 0 aliphatic carbocycles. The van der Waals surface area contributed by atoms with Crippen molar-refractivity contribution in [2.45, 2.75) is 44.8 Å². The number of benzene rings is 2. The number of nitrogens with zero attached hydrogens (tertiary/aromatic N) is 5. The number of nitrogens with one attached hydrogen (secondary N) is 1. The molecule has 1 amide bonds. The molecule has 0 radical (unpaired) electrons. The van der Waals surface area contributed by atoms with Crippen LogP contribution in [0.4, 0.5) is 4.39 Å². The van der Waals surface area contributed by atoms with Gasteiger partial charge in [0.05, 0.1) is 13.7 Å². The highest BCUT2D eigenvalue weighted by atomic mass is 19.1. The number of carbonyl (C=O) groups excluding carboxylic acids is 1. The molecule has 33 heavy (non-hydrogen) atoms. The highest BCUT2D eigenvalue weighted by molar-refractivity contribution is 5.76. The fourth-order valence-corrected chi connectivity index (χ4v) is 4.02. The fourth-order valence-electron chi connectivity index (χ4n) is 4.02. The minimum atomic E-state index is -0.338. The normalized spacial score (nSPS) is 14.8. The molecule has 2 heterocycles. The van der Waals surface area contributed by atoms with E-state index in [1.807, 2.05) is 36.4 Å². The second-order valence-electron chi connectivity index (χ2n) is 8.27. The van der Waals surface area contributed by atoms with E-state index in [4.69, 9.17) is 4.74 Å². The number of tetrazole rings is 1. The minimum Gasteiger partial charge on any atom is -0.494 e. The zero-order valence-electron chi connectivity index (χ0n) is 18.8. The Labute approximate surface area is 192 Å². The minimum absolute atomic E-state index is 0.0501. The SMILES string of the molecule is COc1ccc(CN2CCC(NC(=O)CCCn3nnc(-c4ccccc4)n3)CC2)cc1F. The number of piperidine rings is 1. The predicted molar refractivity (Wildman–Crippen MR) is 122 cm³/mol. The first-order chi connectivity index (χ1) is 16.1. The molecule has 0 spiro atoms. The molecular weight excluding hydrogens is 423 g/mol. The van der Waals surface area contributed by atoms with Gasteiger partial charge in [0.2, 0.25) is 11.7 Å². The van der Waals surface area contributed by atoms with Crippen molar-refractivity contribution in [3.63, 3.8) is 0 Å². The van der Waals surface area contributed by atoms with Crippen LogP contribution in [-0.4, -0.2) is 57.3 Å². The van der Waals surface area contributed by atoms with Crippen LogP contribution < -0.4 is 10.1 Å². The van der Waals surface area contributed by atoms with E-state index >= 15 is 0 Å². The van der Waals surface area contributed by atoms with Crippen LogP contribution in [-0.2, 0) is 17.9 Å². The first kappa shape index (κ1) is 22.8. The Hall–Kier alpha value is -3.33. The molecule has 4 rings (SSSR count). The Balaban J connectivity index is 1.15. The molecule has 9 heteroatoms. The Morgan fingerprint density at radius 1 is 1.18 bits per heavy atom. The van der Waals surface area contributed by atoms with Crippen LogP contribution >= 0.6 is 0 Å². The smallest absolute Gasteiger partial charge is 0.220 e. The summed E-state index contributed by atoms with van der Waals surface area (Å²) in [5.41, 5.74) is 1.85. The van der Waals surface area contributed by atoms with Crippen molar-refractivity contribution in [1.82, 2.24) is 30.4 Å². The number of ether oxygens (including phenoxy) is 1. The molecule has 0 saturated carbocycles. The van der Waals surface area contributed by atoms with E-state index in [0.717, 1.165) is 37.1 Å². The molecule has 0 unspecified atom stereocenters. The summed E-state index contributed by atoms with van der Waals surface area (Å²) in [5, 5.41) is 15.7. The number of likely N-dealkylation sites (tertiary alicyclic amines) is 1. The summed E-state index contributed by atoms with van der Waals surface area (Å²) in [7, 11) is 1.46. The van der Waals surface area contributed by atoms with Crippen molar-refractivity contribution in [2.75, 3.05) is 20.2 Å². The van der Waals surface area contributed by atoms with Gasteiger partial charge in [-0.05, 0) is 42.2 Å². The number of halogens is 1. The van der Waals surface area contributed by atoms with Gasteiger partial charge in [-0.1, -0.05) is 36.4 Å². The maximum Gasteiger partial charge on any atom is 0.220 e. The molecule has 1 N–H and O–H groups in total. The molecule has 174 valence electrons. The maximum absolute atomic E-state index is 13.9. The van der Waals surface area contributed by atoms with Crippen molar-refractivity contribution in [2.24, 2.45) is 0 Å². The van der Waals surface area contributed by atoms with Crippen molar-refractivity contribution >= 4 is 5.91 Å². The third-order valence-corrected chi connectivity index (χ3v) is 5.82. The number of rotatable bonds is 9. The summed E-state index contributed by atoms with van der Waals surface area (Å²) < 4.78 is 18.9. The summed E-state index contributed by atoms with van der Waals surface area (Å²) in [5.74, 6) is 0.559. The first-order valence-electron chi connectivity index (χ1n) is 11.3. The standard InChI is InChI=1S/C24H29FN6O2/c1-33-22-10-9-18(16-21(22)25)17-30-14-11-20(12-15-30)26-23(32)8-5-13-31-28-24(27-29-31)19-6-3-2-4-7-19/h2-4,6-7,9-10,16,20H,5,8,11-15,17H2,1H3,(H,26,32). The van der Waals surface area contributed by atoms with Crippen molar-refractivity contribution < 1.29 is 13.9 Å². The molecule has 3 aromatic rings. The molecular formula is C24H29FN6O2. The Morgan fingerprint density at radius 2 is 1.97 bits per heavy atom. The average molecular weight is 453 g/mol. The van der Waals surface area contributed by atoms with Gasteiger partial charge in [0.1, 0.15) is 0 Å². The lowest BCUT2D eigenvalue weighted by Gasteiger charge is -2.32. The molecule has 0 bridgehead atoms. The van der Waals surface area contributed by atoms with Gasteiger partial charge in [-0.25, -0.2) is 4.39 Å². The van der Waals surface area contributed by atoms with Crippen molar-refractivity contribution in [3.05, 3.63) is 59.9 Å². The average Bonchev–Trinajstić information content (AvgIpc) is 3.30. The molecule has 8 nitrogen and oxygen atoms in total. The van der Waals surface area contributed by atoms with E-state index in [1.54, 1.807) is 6.07 Å². The monoisotopic (exact) mass is 452 g/mol. The van der Waals surface area contributed by atoms with Crippen LogP contribution in [0.5, 0.6) is 5.75 Å². The lowest BCUT2D eigenvalue weighted by atomic mass is 10.0. The van der Waals surface area contributed by atoms with Crippen LogP contribution in [0.1, 0.15) is 31.2 Å². The topological polar surface area (TPSA) is 85.2 Å². The number of aryl methyl sites for hydroxylation is 1. The highest BCUT2D eigenvalue weighted by Crippen LogP contribution is 2.20. The number of methoxy groups -OCH3 is 1. The summed E-state index contributed by atoms with van der Waals surface area (Å²) >= 11 is 0. The molecule has 2 aromatic carbocycles. The maximum atomic E-state index is 13.9. The highest BCUT2D eigenvalue weighted by Gasteiger charge is 2.21. The molecule has 1 fully saturated rings. The van der Waals surface area contributed by atoms with E-state index in [2.05, 4.69) is 25.6 Å². The van der Waals surface area contributed by atoms with Gasteiger partial charge < -0.3 is 10.1 Å². The Morgan fingerprint density at radius 3 is 2.70 bits per heavy atom.